The van der Waals surface area contributed by atoms with Crippen LogP contribution in [0.3, 0.4) is 0 Å². The molecule has 0 saturated heterocycles. The predicted molar refractivity (Wildman–Crippen MR) is 58.2 cm³/mol. The van der Waals surface area contributed by atoms with E-state index in [1.165, 1.54) is 0 Å². The Balaban J connectivity index is 2.32. The minimum atomic E-state index is 0.649. The molecule has 1 aromatic carbocycles. The number of ether oxygens (including phenoxy) is 1. The number of hydrogen-bond donors (Lipinski definition) is 0. The van der Waals surface area contributed by atoms with E-state index in [0.717, 1.165) is 24.4 Å². The summed E-state index contributed by atoms with van der Waals surface area (Å²) in [4.78, 5) is 0. The van der Waals surface area contributed by atoms with Gasteiger partial charge in [0, 0.05) is 13.0 Å². The molecule has 14 heavy (non-hydrogen) atoms. The topological polar surface area (TPSA) is 24.8 Å². The van der Waals surface area contributed by atoms with Crippen LogP contribution in [0.25, 0.3) is 0 Å². The Bertz CT molecular complexity index is 365. The van der Waals surface area contributed by atoms with Gasteiger partial charge in [-0.3, -0.25) is 5.01 Å². The van der Waals surface area contributed by atoms with Crippen LogP contribution in [0.2, 0.25) is 0 Å². The number of halogens is 1. The molecular weight excluding hydrogens is 200 g/mol. The van der Waals surface area contributed by atoms with Gasteiger partial charge in [-0.15, -0.1) is 0 Å². The van der Waals surface area contributed by atoms with Gasteiger partial charge in [-0.2, -0.15) is 5.10 Å². The Morgan fingerprint density at radius 2 is 2.21 bits per heavy atom. The second-order valence-electron chi connectivity index (χ2n) is 3.02. The number of hydrazone groups is 1. The van der Waals surface area contributed by atoms with Crippen molar-refractivity contribution in [1.29, 1.82) is 0 Å². The summed E-state index contributed by atoms with van der Waals surface area (Å²) in [6.07, 6.45) is 0.805. The fraction of sp³-hybridized carbons (Fsp3) is 0.300. The average Bonchev–Trinajstić information content (AvgIpc) is 2.65. The molecule has 3 nitrogen and oxygen atoms in total. The molecule has 0 atom stereocenters. The van der Waals surface area contributed by atoms with Crippen LogP contribution in [0, 0.1) is 0 Å². The van der Waals surface area contributed by atoms with Crippen LogP contribution >= 0.6 is 11.6 Å². The van der Waals surface area contributed by atoms with Crippen molar-refractivity contribution in [2.24, 2.45) is 5.10 Å². The molecule has 1 aromatic rings. The maximum absolute atomic E-state index is 5.82. The van der Waals surface area contributed by atoms with Gasteiger partial charge in [0.05, 0.1) is 7.11 Å². The lowest BCUT2D eigenvalue weighted by atomic mass is 10.3. The molecule has 0 saturated carbocycles. The van der Waals surface area contributed by atoms with Crippen LogP contribution in [0.5, 0.6) is 5.75 Å². The third-order valence-corrected chi connectivity index (χ3v) is 2.39. The molecule has 0 fully saturated rings. The second kappa shape index (κ2) is 3.88. The summed E-state index contributed by atoms with van der Waals surface area (Å²) < 4.78 is 5.24. The molecule has 0 N–H and O–H groups in total. The monoisotopic (exact) mass is 210 g/mol. The summed E-state index contributed by atoms with van der Waals surface area (Å²) in [5.74, 6) is 0.822. The summed E-state index contributed by atoms with van der Waals surface area (Å²) in [7, 11) is 1.65. The molecule has 1 aliphatic heterocycles. The van der Waals surface area contributed by atoms with Gasteiger partial charge >= 0.3 is 0 Å². The number of hydrogen-bond acceptors (Lipinski definition) is 3. The first-order chi connectivity index (χ1) is 6.81. The maximum Gasteiger partial charge on any atom is 0.144 e. The highest BCUT2D eigenvalue weighted by atomic mass is 35.5. The van der Waals surface area contributed by atoms with Crippen LogP contribution in [0.15, 0.2) is 29.4 Å². The number of rotatable bonds is 2. The van der Waals surface area contributed by atoms with Gasteiger partial charge in [-0.1, -0.05) is 23.7 Å². The van der Waals surface area contributed by atoms with Gasteiger partial charge < -0.3 is 4.74 Å². The molecule has 2 rings (SSSR count). The van der Waals surface area contributed by atoms with Gasteiger partial charge in [0.25, 0.3) is 0 Å². The van der Waals surface area contributed by atoms with E-state index < -0.39 is 0 Å². The van der Waals surface area contributed by atoms with Crippen LogP contribution in [-0.4, -0.2) is 18.8 Å². The summed E-state index contributed by atoms with van der Waals surface area (Å²) >= 11 is 5.82. The molecule has 0 bridgehead atoms. The third-order valence-electron chi connectivity index (χ3n) is 2.12. The van der Waals surface area contributed by atoms with Crippen molar-refractivity contribution in [3.05, 3.63) is 24.3 Å². The lowest BCUT2D eigenvalue weighted by Gasteiger charge is -2.16. The summed E-state index contributed by atoms with van der Waals surface area (Å²) in [6.45, 7) is 0.819. The molecule has 0 radical (unpaired) electrons. The molecule has 0 amide bonds. The van der Waals surface area contributed by atoms with Crippen LogP contribution < -0.4 is 9.75 Å². The smallest absolute Gasteiger partial charge is 0.144 e. The molecule has 0 spiro atoms. The Kier molecular flexibility index (Phi) is 2.59. The number of benzene rings is 1. The number of para-hydroxylation sites is 2. The quantitative estimate of drug-likeness (QED) is 0.749. The SMILES string of the molecule is COc1ccccc1N1CCC(Cl)=N1. The molecule has 4 heteroatoms. The number of nitrogens with zero attached hydrogens (tertiary/aromatic N) is 2. The van der Waals surface area contributed by atoms with Crippen molar-refractivity contribution in [1.82, 2.24) is 0 Å². The molecule has 74 valence electrons. The second-order valence-corrected chi connectivity index (χ2v) is 3.46. The number of anilines is 1. The Morgan fingerprint density at radius 1 is 1.43 bits per heavy atom. The summed E-state index contributed by atoms with van der Waals surface area (Å²) in [5.41, 5.74) is 0.964. The van der Waals surface area contributed by atoms with Crippen LogP contribution in [0.4, 0.5) is 5.69 Å². The number of methoxy groups -OCH3 is 1. The summed E-state index contributed by atoms with van der Waals surface area (Å²) in [6, 6.07) is 7.78. The molecular formula is C10H11ClN2O. The Hall–Kier alpha value is -1.22. The minimum absolute atomic E-state index is 0.649. The molecule has 1 heterocycles. The first-order valence-corrected chi connectivity index (χ1v) is 4.82. The zero-order valence-corrected chi connectivity index (χ0v) is 8.66. The van der Waals surface area contributed by atoms with Crippen molar-refractivity contribution in [3.8, 4) is 5.75 Å². The van der Waals surface area contributed by atoms with E-state index in [9.17, 15) is 0 Å². The van der Waals surface area contributed by atoms with Crippen LogP contribution in [-0.2, 0) is 0 Å². The minimum Gasteiger partial charge on any atom is -0.495 e. The molecule has 1 aliphatic rings. The van der Waals surface area contributed by atoms with Crippen molar-refractivity contribution in [2.45, 2.75) is 6.42 Å². The molecule has 0 unspecified atom stereocenters. The van der Waals surface area contributed by atoms with E-state index in [4.69, 9.17) is 16.3 Å². The highest BCUT2D eigenvalue weighted by Gasteiger charge is 2.16. The zero-order chi connectivity index (χ0) is 9.97. The van der Waals surface area contributed by atoms with E-state index in [0.29, 0.717) is 5.17 Å². The largest absolute Gasteiger partial charge is 0.495 e. The van der Waals surface area contributed by atoms with Gasteiger partial charge in [0.15, 0.2) is 0 Å². The zero-order valence-electron chi connectivity index (χ0n) is 7.90. The van der Waals surface area contributed by atoms with E-state index in [1.807, 2.05) is 29.3 Å². The Labute approximate surface area is 87.9 Å². The fourth-order valence-corrected chi connectivity index (χ4v) is 1.62. The van der Waals surface area contributed by atoms with E-state index in [-0.39, 0.29) is 0 Å². The maximum atomic E-state index is 5.82. The molecule has 0 aromatic heterocycles. The van der Waals surface area contributed by atoms with E-state index in [1.54, 1.807) is 7.11 Å². The predicted octanol–water partition coefficient (Wildman–Crippen LogP) is 2.46. The highest BCUT2D eigenvalue weighted by molar-refractivity contribution is 6.65. The van der Waals surface area contributed by atoms with E-state index in [2.05, 4.69) is 5.10 Å². The van der Waals surface area contributed by atoms with Gasteiger partial charge in [-0.05, 0) is 12.1 Å². The normalized spacial score (nSPS) is 15.6. The summed E-state index contributed by atoms with van der Waals surface area (Å²) in [5, 5.41) is 6.71. The Morgan fingerprint density at radius 3 is 2.86 bits per heavy atom. The lowest BCUT2D eigenvalue weighted by molar-refractivity contribution is 0.414. The van der Waals surface area contributed by atoms with Gasteiger partial charge in [-0.25, -0.2) is 0 Å². The fourth-order valence-electron chi connectivity index (χ4n) is 1.45. The van der Waals surface area contributed by atoms with Crippen molar-refractivity contribution < 1.29 is 4.74 Å². The molecule has 0 aliphatic carbocycles. The van der Waals surface area contributed by atoms with Crippen LogP contribution in [0.1, 0.15) is 6.42 Å². The average molecular weight is 211 g/mol. The first-order valence-electron chi connectivity index (χ1n) is 4.45. The lowest BCUT2D eigenvalue weighted by Crippen LogP contribution is -2.12. The highest BCUT2D eigenvalue weighted by Crippen LogP contribution is 2.30. The third kappa shape index (κ3) is 1.68. The van der Waals surface area contributed by atoms with Gasteiger partial charge in [0.2, 0.25) is 0 Å². The first kappa shape index (κ1) is 9.34. The van der Waals surface area contributed by atoms with E-state index >= 15 is 0 Å². The van der Waals surface area contributed by atoms with Crippen molar-refractivity contribution in [3.63, 3.8) is 0 Å². The van der Waals surface area contributed by atoms with Gasteiger partial charge in [0.1, 0.15) is 16.6 Å². The standard InChI is InChI=1S/C10H11ClN2O/c1-14-9-5-3-2-4-8(9)13-7-6-10(11)12-13/h2-5H,6-7H2,1H3. The van der Waals surface area contributed by atoms with Crippen molar-refractivity contribution in [2.75, 3.05) is 18.7 Å². The van der Waals surface area contributed by atoms with Crippen molar-refractivity contribution >= 4 is 22.5 Å².